The second-order valence-corrected chi connectivity index (χ2v) is 9.30. The molecule has 1 aromatic heterocycles. The normalized spacial score (nSPS) is 12.6. The fourth-order valence-electron chi connectivity index (χ4n) is 3.32. The molecule has 7 nitrogen and oxygen atoms in total. The number of carbonyl (C=O) groups is 1. The summed E-state index contributed by atoms with van der Waals surface area (Å²) in [7, 11) is -3.91. The Hall–Kier alpha value is -2.97. The van der Waals surface area contributed by atoms with Crippen LogP contribution in [-0.4, -0.2) is 20.4 Å². The second-order valence-electron chi connectivity index (χ2n) is 7.58. The Kier molecular flexibility index (Phi) is 6.62. The van der Waals surface area contributed by atoms with Crippen molar-refractivity contribution in [3.05, 3.63) is 69.6 Å². The summed E-state index contributed by atoms with van der Waals surface area (Å²) in [6.45, 7) is 7.21. The van der Waals surface area contributed by atoms with Gasteiger partial charge in [0.2, 0.25) is 10.0 Å². The number of hydrogen-bond donors (Lipinski definition) is 1. The van der Waals surface area contributed by atoms with E-state index in [4.69, 9.17) is 9.15 Å². The highest BCUT2D eigenvalue weighted by molar-refractivity contribution is 7.89. The van der Waals surface area contributed by atoms with Crippen LogP contribution < -0.4 is 15.1 Å². The number of esters is 1. The summed E-state index contributed by atoms with van der Waals surface area (Å²) < 4.78 is 38.9. The predicted octanol–water partition coefficient (Wildman–Crippen LogP) is 3.77. The Morgan fingerprint density at radius 3 is 2.39 bits per heavy atom. The average molecular weight is 444 g/mol. The van der Waals surface area contributed by atoms with Crippen LogP contribution >= 0.6 is 0 Å². The minimum absolute atomic E-state index is 0.0747. The lowest BCUT2D eigenvalue weighted by molar-refractivity contribution is -0.136. The van der Waals surface area contributed by atoms with Gasteiger partial charge in [-0.1, -0.05) is 31.0 Å². The highest BCUT2D eigenvalue weighted by Crippen LogP contribution is 2.30. The SMILES string of the molecule is CCC[C@H](NS(=O)(=O)c1ccc(C)cc1)C(=O)Oc1cc(C)cc2oc(=O)cc(C)c12. The van der Waals surface area contributed by atoms with Gasteiger partial charge in [-0.25, -0.2) is 18.0 Å². The number of fused-ring (bicyclic) bond motifs is 1. The third-order valence-electron chi connectivity index (χ3n) is 4.85. The van der Waals surface area contributed by atoms with Crippen LogP contribution in [0.25, 0.3) is 11.0 Å². The summed E-state index contributed by atoms with van der Waals surface area (Å²) in [5.74, 6) is -0.507. The molecular weight excluding hydrogens is 418 g/mol. The maximum absolute atomic E-state index is 13.0. The monoisotopic (exact) mass is 443 g/mol. The molecule has 0 bridgehead atoms. The average Bonchev–Trinajstić information content (AvgIpc) is 2.66. The van der Waals surface area contributed by atoms with Crippen molar-refractivity contribution in [2.75, 3.05) is 0 Å². The maximum Gasteiger partial charge on any atom is 0.336 e. The van der Waals surface area contributed by atoms with E-state index in [1.54, 1.807) is 38.1 Å². The number of hydrogen-bond acceptors (Lipinski definition) is 6. The first-order valence-corrected chi connectivity index (χ1v) is 11.4. The van der Waals surface area contributed by atoms with E-state index in [1.165, 1.54) is 18.2 Å². The molecule has 8 heteroatoms. The molecule has 0 fully saturated rings. The Bertz CT molecular complexity index is 1280. The molecule has 0 radical (unpaired) electrons. The van der Waals surface area contributed by atoms with Crippen LogP contribution in [0.5, 0.6) is 5.75 Å². The van der Waals surface area contributed by atoms with Crippen LogP contribution in [0.3, 0.4) is 0 Å². The number of benzene rings is 2. The highest BCUT2D eigenvalue weighted by atomic mass is 32.2. The molecule has 3 rings (SSSR count). The van der Waals surface area contributed by atoms with Gasteiger partial charge in [-0.05, 0) is 62.6 Å². The maximum atomic E-state index is 13.0. The molecule has 0 aliphatic heterocycles. The standard InChI is InChI=1S/C23H25NO6S/c1-5-6-18(24-31(27,28)17-9-7-14(2)8-10-17)23(26)30-20-12-15(3)11-19-22(20)16(4)13-21(25)29-19/h7-13,18,24H,5-6H2,1-4H3/t18-/m0/s1. The number of aryl methyl sites for hydroxylation is 3. The lowest BCUT2D eigenvalue weighted by Crippen LogP contribution is -2.42. The summed E-state index contributed by atoms with van der Waals surface area (Å²) in [5, 5.41) is 0.496. The van der Waals surface area contributed by atoms with Gasteiger partial charge < -0.3 is 9.15 Å². The highest BCUT2D eigenvalue weighted by Gasteiger charge is 2.27. The zero-order valence-corrected chi connectivity index (χ0v) is 18.7. The van der Waals surface area contributed by atoms with Crippen LogP contribution in [0, 0.1) is 20.8 Å². The molecule has 1 heterocycles. The number of carbonyl (C=O) groups excluding carboxylic acids is 1. The van der Waals surface area contributed by atoms with Crippen molar-refractivity contribution < 1.29 is 22.4 Å². The van der Waals surface area contributed by atoms with Gasteiger partial charge in [0.15, 0.2) is 0 Å². The van der Waals surface area contributed by atoms with E-state index in [1.807, 2.05) is 13.8 Å². The minimum atomic E-state index is -3.91. The van der Waals surface area contributed by atoms with E-state index < -0.39 is 27.7 Å². The molecule has 3 aromatic rings. The summed E-state index contributed by atoms with van der Waals surface area (Å²) >= 11 is 0. The summed E-state index contributed by atoms with van der Waals surface area (Å²) in [5.41, 5.74) is 2.07. The molecule has 0 saturated heterocycles. The number of nitrogens with one attached hydrogen (secondary N) is 1. The van der Waals surface area contributed by atoms with E-state index in [0.717, 1.165) is 11.1 Å². The van der Waals surface area contributed by atoms with Gasteiger partial charge in [0.1, 0.15) is 17.4 Å². The first kappa shape index (κ1) is 22.7. The molecule has 164 valence electrons. The summed E-state index contributed by atoms with van der Waals surface area (Å²) in [4.78, 5) is 24.7. The van der Waals surface area contributed by atoms with Gasteiger partial charge in [-0.15, -0.1) is 0 Å². The molecule has 1 N–H and O–H groups in total. The van der Waals surface area contributed by atoms with E-state index in [2.05, 4.69) is 4.72 Å². The van der Waals surface area contributed by atoms with Gasteiger partial charge in [-0.3, -0.25) is 0 Å². The molecule has 0 aliphatic rings. The summed E-state index contributed by atoms with van der Waals surface area (Å²) in [6, 6.07) is 9.96. The largest absolute Gasteiger partial charge is 0.425 e. The van der Waals surface area contributed by atoms with Crippen LogP contribution in [0.2, 0.25) is 0 Å². The predicted molar refractivity (Wildman–Crippen MR) is 118 cm³/mol. The van der Waals surface area contributed by atoms with Crippen LogP contribution in [-0.2, 0) is 14.8 Å². The first-order valence-electron chi connectivity index (χ1n) is 9.96. The molecule has 0 aliphatic carbocycles. The zero-order valence-electron chi connectivity index (χ0n) is 17.9. The van der Waals surface area contributed by atoms with Crippen molar-refractivity contribution in [3.8, 4) is 5.75 Å². The minimum Gasteiger partial charge on any atom is -0.425 e. The second kappa shape index (κ2) is 9.03. The van der Waals surface area contributed by atoms with Crippen molar-refractivity contribution in [3.63, 3.8) is 0 Å². The molecule has 0 unspecified atom stereocenters. The van der Waals surface area contributed by atoms with E-state index >= 15 is 0 Å². The third-order valence-corrected chi connectivity index (χ3v) is 6.34. The van der Waals surface area contributed by atoms with Crippen LogP contribution in [0.1, 0.15) is 36.5 Å². The van der Waals surface area contributed by atoms with Gasteiger partial charge >= 0.3 is 11.6 Å². The Morgan fingerprint density at radius 2 is 1.74 bits per heavy atom. The van der Waals surface area contributed by atoms with Crippen molar-refractivity contribution in [1.82, 2.24) is 4.72 Å². The van der Waals surface area contributed by atoms with E-state index in [-0.39, 0.29) is 17.1 Å². The molecule has 0 amide bonds. The lowest BCUT2D eigenvalue weighted by Gasteiger charge is -2.18. The Morgan fingerprint density at radius 1 is 1.06 bits per heavy atom. The smallest absolute Gasteiger partial charge is 0.336 e. The number of sulfonamides is 1. The molecule has 31 heavy (non-hydrogen) atoms. The van der Waals surface area contributed by atoms with Gasteiger partial charge in [0, 0.05) is 6.07 Å². The number of ether oxygens (including phenoxy) is 1. The van der Waals surface area contributed by atoms with Crippen molar-refractivity contribution in [2.45, 2.75) is 51.5 Å². The lowest BCUT2D eigenvalue weighted by atomic mass is 10.1. The van der Waals surface area contributed by atoms with E-state index in [0.29, 0.717) is 23.0 Å². The molecule has 2 aromatic carbocycles. The summed E-state index contributed by atoms with van der Waals surface area (Å²) in [6.07, 6.45) is 0.834. The topological polar surface area (TPSA) is 103 Å². The molecule has 0 saturated carbocycles. The van der Waals surface area contributed by atoms with Crippen molar-refractivity contribution >= 4 is 27.0 Å². The number of rotatable bonds is 7. The molecule has 1 atom stereocenters. The van der Waals surface area contributed by atoms with Gasteiger partial charge in [-0.2, -0.15) is 4.72 Å². The Balaban J connectivity index is 1.93. The van der Waals surface area contributed by atoms with Crippen molar-refractivity contribution in [2.24, 2.45) is 0 Å². The van der Waals surface area contributed by atoms with E-state index in [9.17, 15) is 18.0 Å². The third kappa shape index (κ3) is 5.21. The zero-order chi connectivity index (χ0) is 22.8. The molecule has 0 spiro atoms. The molecular formula is C23H25NO6S. The van der Waals surface area contributed by atoms with Crippen LogP contribution in [0.15, 0.2) is 56.6 Å². The Labute approximate surface area is 181 Å². The first-order chi connectivity index (χ1) is 14.6. The van der Waals surface area contributed by atoms with Crippen molar-refractivity contribution in [1.29, 1.82) is 0 Å². The fraction of sp³-hybridized carbons (Fsp3) is 0.304. The van der Waals surface area contributed by atoms with Gasteiger partial charge in [0.25, 0.3) is 0 Å². The fourth-order valence-corrected chi connectivity index (χ4v) is 4.54. The van der Waals surface area contributed by atoms with Crippen LogP contribution in [0.4, 0.5) is 0 Å². The quantitative estimate of drug-likeness (QED) is 0.339. The van der Waals surface area contributed by atoms with Gasteiger partial charge in [0.05, 0.1) is 10.3 Å².